The van der Waals surface area contributed by atoms with Gasteiger partial charge >= 0.3 is 0 Å². The van der Waals surface area contributed by atoms with Crippen molar-refractivity contribution in [1.29, 1.82) is 0 Å². The van der Waals surface area contributed by atoms with Crippen LogP contribution < -0.4 is 10.6 Å². The number of benzene rings is 1. The lowest BCUT2D eigenvalue weighted by atomic mass is 10.2. The molecule has 9 heteroatoms. The highest BCUT2D eigenvalue weighted by Crippen LogP contribution is 2.16. The van der Waals surface area contributed by atoms with Gasteiger partial charge in [-0.05, 0) is 46.7 Å². The van der Waals surface area contributed by atoms with Gasteiger partial charge in [0.25, 0.3) is 5.91 Å². The Balaban J connectivity index is 1.51. The molecule has 0 fully saturated rings. The van der Waals surface area contributed by atoms with Gasteiger partial charge in [0.2, 0.25) is 11.9 Å². The van der Waals surface area contributed by atoms with Crippen LogP contribution in [0.4, 0.5) is 11.9 Å². The lowest BCUT2D eigenvalue weighted by Gasteiger charge is -2.04. The zero-order valence-corrected chi connectivity index (χ0v) is 18.2. The van der Waals surface area contributed by atoms with Gasteiger partial charge in [-0.1, -0.05) is 35.9 Å². The number of nitrogens with zero attached hydrogens (tertiary/aromatic N) is 3. The molecule has 0 atom stereocenters. The molecule has 3 aromatic heterocycles. The minimum absolute atomic E-state index is 0.296. The van der Waals surface area contributed by atoms with Crippen LogP contribution in [0, 0.1) is 0 Å². The van der Waals surface area contributed by atoms with Gasteiger partial charge in [0.15, 0.2) is 0 Å². The zero-order chi connectivity index (χ0) is 20.8. The molecule has 0 unspecified atom stereocenters. The highest BCUT2D eigenvalue weighted by molar-refractivity contribution is 7.10. The summed E-state index contributed by atoms with van der Waals surface area (Å²) in [7, 11) is 0. The average molecular weight is 456 g/mol. The maximum atomic E-state index is 12.8. The van der Waals surface area contributed by atoms with Crippen molar-refractivity contribution < 1.29 is 4.79 Å². The standard InChI is InChI=1S/C21H18ClN5OS2/c22-16-8-5-15(6-9-16)7-10-19(28)27-21(24-14-18-4-2-12-30-18)25-20(26-27)23-13-17-3-1-11-29-17/h1-12H,13-14H2,(H2,23,24,25,26). The Bertz CT molecular complexity index is 1120. The van der Waals surface area contributed by atoms with Gasteiger partial charge in [0.1, 0.15) is 0 Å². The van der Waals surface area contributed by atoms with E-state index in [-0.39, 0.29) is 5.91 Å². The number of carbonyl (C=O) groups is 1. The third kappa shape index (κ3) is 5.35. The minimum Gasteiger partial charge on any atom is -0.349 e. The largest absolute Gasteiger partial charge is 0.349 e. The average Bonchev–Trinajstić information content (AvgIpc) is 3.52. The second kappa shape index (κ2) is 9.71. The van der Waals surface area contributed by atoms with Gasteiger partial charge < -0.3 is 10.6 Å². The Hall–Kier alpha value is -2.94. The quantitative estimate of drug-likeness (QED) is 0.337. The molecule has 0 aliphatic carbocycles. The molecule has 3 heterocycles. The minimum atomic E-state index is -0.296. The fourth-order valence-electron chi connectivity index (χ4n) is 2.63. The van der Waals surface area contributed by atoms with E-state index in [1.807, 2.05) is 47.2 Å². The summed E-state index contributed by atoms with van der Waals surface area (Å²) in [6.45, 7) is 1.16. The Morgan fingerprint density at radius 2 is 1.67 bits per heavy atom. The van der Waals surface area contributed by atoms with Crippen LogP contribution in [0.25, 0.3) is 6.08 Å². The molecule has 0 aliphatic heterocycles. The zero-order valence-electron chi connectivity index (χ0n) is 15.8. The summed E-state index contributed by atoms with van der Waals surface area (Å²) in [5, 5.41) is 15.4. The first-order valence-electron chi connectivity index (χ1n) is 9.15. The molecule has 152 valence electrons. The number of halogens is 1. The van der Waals surface area contributed by atoms with Crippen LogP contribution in [-0.2, 0) is 13.1 Å². The number of thiophene rings is 2. The Labute approximate surface area is 186 Å². The van der Waals surface area contributed by atoms with Crippen molar-refractivity contribution in [3.05, 3.63) is 85.7 Å². The topological polar surface area (TPSA) is 71.8 Å². The summed E-state index contributed by atoms with van der Waals surface area (Å²) in [5.74, 6) is 0.489. The summed E-state index contributed by atoms with van der Waals surface area (Å²) in [4.78, 5) is 19.6. The summed E-state index contributed by atoms with van der Waals surface area (Å²) in [5.41, 5.74) is 0.872. The molecule has 6 nitrogen and oxygen atoms in total. The summed E-state index contributed by atoms with van der Waals surface area (Å²) in [6, 6.07) is 15.3. The van der Waals surface area contributed by atoms with Crippen LogP contribution in [0.15, 0.2) is 65.4 Å². The van der Waals surface area contributed by atoms with Crippen molar-refractivity contribution in [2.24, 2.45) is 0 Å². The van der Waals surface area contributed by atoms with E-state index in [0.29, 0.717) is 30.0 Å². The van der Waals surface area contributed by atoms with E-state index in [1.165, 1.54) is 10.8 Å². The summed E-state index contributed by atoms with van der Waals surface area (Å²) in [6.07, 6.45) is 3.19. The van der Waals surface area contributed by atoms with Crippen LogP contribution in [-0.4, -0.2) is 20.7 Å². The van der Waals surface area contributed by atoms with Gasteiger partial charge in [-0.15, -0.1) is 27.8 Å². The van der Waals surface area contributed by atoms with E-state index in [1.54, 1.807) is 40.9 Å². The molecular formula is C21H18ClN5OS2. The highest BCUT2D eigenvalue weighted by atomic mass is 35.5. The first-order chi connectivity index (χ1) is 14.7. The predicted octanol–water partition coefficient (Wildman–Crippen LogP) is 5.63. The second-order valence-corrected chi connectivity index (χ2v) is 8.76. The van der Waals surface area contributed by atoms with Crippen molar-refractivity contribution in [1.82, 2.24) is 14.8 Å². The number of hydrogen-bond acceptors (Lipinski definition) is 7. The second-order valence-electron chi connectivity index (χ2n) is 6.26. The Morgan fingerprint density at radius 3 is 2.30 bits per heavy atom. The van der Waals surface area contributed by atoms with Gasteiger partial charge in [-0.25, -0.2) is 0 Å². The number of aromatic nitrogens is 3. The molecule has 0 radical (unpaired) electrons. The maximum Gasteiger partial charge on any atom is 0.274 e. The van der Waals surface area contributed by atoms with Gasteiger partial charge in [0.05, 0.1) is 13.1 Å². The number of carbonyl (C=O) groups excluding carboxylic acids is 1. The maximum absolute atomic E-state index is 12.8. The molecule has 0 saturated carbocycles. The molecule has 4 aromatic rings. The Kier molecular flexibility index (Phi) is 6.58. The number of rotatable bonds is 8. The third-order valence-electron chi connectivity index (χ3n) is 4.11. The fraction of sp³-hybridized carbons (Fsp3) is 0.0952. The molecular weight excluding hydrogens is 438 g/mol. The van der Waals surface area contributed by atoms with Crippen LogP contribution in [0.1, 0.15) is 20.1 Å². The van der Waals surface area contributed by atoms with E-state index < -0.39 is 0 Å². The highest BCUT2D eigenvalue weighted by Gasteiger charge is 2.14. The molecule has 2 N–H and O–H groups in total. The van der Waals surface area contributed by atoms with Gasteiger partial charge in [-0.3, -0.25) is 4.79 Å². The number of hydrogen-bond donors (Lipinski definition) is 2. The molecule has 1 aromatic carbocycles. The molecule has 0 bridgehead atoms. The molecule has 0 spiro atoms. The lowest BCUT2D eigenvalue weighted by Crippen LogP contribution is -2.14. The number of anilines is 2. The first-order valence-corrected chi connectivity index (χ1v) is 11.3. The summed E-state index contributed by atoms with van der Waals surface area (Å²) < 4.78 is 1.27. The monoisotopic (exact) mass is 455 g/mol. The third-order valence-corrected chi connectivity index (χ3v) is 6.11. The predicted molar refractivity (Wildman–Crippen MR) is 124 cm³/mol. The van der Waals surface area contributed by atoms with E-state index in [9.17, 15) is 4.79 Å². The van der Waals surface area contributed by atoms with Crippen molar-refractivity contribution in [3.8, 4) is 0 Å². The van der Waals surface area contributed by atoms with Crippen molar-refractivity contribution >= 4 is 58.2 Å². The SMILES string of the molecule is O=C(C=Cc1ccc(Cl)cc1)n1nc(NCc2cccs2)nc1NCc1cccs1. The molecule has 4 rings (SSSR count). The van der Waals surface area contributed by atoms with Crippen LogP contribution >= 0.6 is 34.3 Å². The smallest absolute Gasteiger partial charge is 0.274 e. The van der Waals surface area contributed by atoms with Crippen LogP contribution in [0.5, 0.6) is 0 Å². The molecule has 0 amide bonds. The lowest BCUT2D eigenvalue weighted by molar-refractivity contribution is 0.0957. The molecule has 0 saturated heterocycles. The molecule has 30 heavy (non-hydrogen) atoms. The Morgan fingerprint density at radius 1 is 1.00 bits per heavy atom. The summed E-state index contributed by atoms with van der Waals surface area (Å²) >= 11 is 9.20. The van der Waals surface area contributed by atoms with E-state index in [2.05, 4.69) is 20.7 Å². The van der Waals surface area contributed by atoms with Crippen molar-refractivity contribution in [3.63, 3.8) is 0 Å². The van der Waals surface area contributed by atoms with Crippen LogP contribution in [0.2, 0.25) is 5.02 Å². The van der Waals surface area contributed by atoms with E-state index in [4.69, 9.17) is 11.6 Å². The van der Waals surface area contributed by atoms with Crippen molar-refractivity contribution in [2.75, 3.05) is 10.6 Å². The first kappa shape index (κ1) is 20.3. The van der Waals surface area contributed by atoms with Gasteiger partial charge in [0, 0.05) is 20.9 Å². The van der Waals surface area contributed by atoms with E-state index >= 15 is 0 Å². The van der Waals surface area contributed by atoms with Crippen LogP contribution in [0.3, 0.4) is 0 Å². The van der Waals surface area contributed by atoms with Crippen molar-refractivity contribution in [2.45, 2.75) is 13.1 Å². The fourth-order valence-corrected chi connectivity index (χ4v) is 4.04. The number of allylic oxidation sites excluding steroid dienone is 1. The van der Waals surface area contributed by atoms with E-state index in [0.717, 1.165) is 15.3 Å². The number of nitrogens with one attached hydrogen (secondary N) is 2. The van der Waals surface area contributed by atoms with Gasteiger partial charge in [-0.2, -0.15) is 9.67 Å². The normalized spacial score (nSPS) is 11.1. The molecule has 0 aliphatic rings.